The maximum atomic E-state index is 12.2. The molecule has 0 saturated heterocycles. The fraction of sp³-hybridized carbons (Fsp3) is 0.143. The first kappa shape index (κ1) is 15.5. The maximum Gasteiger partial charge on any atom is 0.246 e. The molecule has 0 aliphatic heterocycles. The van der Waals surface area contributed by atoms with Gasteiger partial charge in [-0.3, -0.25) is 9.36 Å². The minimum absolute atomic E-state index is 0.0509. The van der Waals surface area contributed by atoms with Gasteiger partial charge in [-0.2, -0.15) is 0 Å². The third kappa shape index (κ3) is 3.51. The number of aromatic nitrogens is 4. The molecule has 1 amide bonds. The summed E-state index contributed by atoms with van der Waals surface area (Å²) in [5.41, 5.74) is 7.57. The molecule has 0 fully saturated rings. The van der Waals surface area contributed by atoms with Crippen molar-refractivity contribution in [2.75, 3.05) is 17.3 Å². The number of hydrogen-bond donors (Lipinski definition) is 2. The highest BCUT2D eigenvalue weighted by atomic mass is 32.2. The van der Waals surface area contributed by atoms with Gasteiger partial charge in [0.2, 0.25) is 11.9 Å². The Morgan fingerprint density at radius 2 is 2.13 bits per heavy atom. The Morgan fingerprint density at radius 3 is 2.87 bits per heavy atom. The summed E-state index contributed by atoms with van der Waals surface area (Å²) in [6, 6.07) is 9.80. The second-order valence-corrected chi connectivity index (χ2v) is 6.21. The minimum Gasteiger partial charge on any atom is -0.368 e. The van der Waals surface area contributed by atoms with Crippen molar-refractivity contribution in [1.82, 2.24) is 19.7 Å². The molecule has 0 bridgehead atoms. The van der Waals surface area contributed by atoms with Crippen LogP contribution >= 0.6 is 23.1 Å². The van der Waals surface area contributed by atoms with Gasteiger partial charge in [-0.15, -0.1) is 21.5 Å². The van der Waals surface area contributed by atoms with Gasteiger partial charge in [0.25, 0.3) is 0 Å². The van der Waals surface area contributed by atoms with Gasteiger partial charge in [0.05, 0.1) is 5.69 Å². The van der Waals surface area contributed by atoms with Crippen LogP contribution in [0.5, 0.6) is 0 Å². The molecule has 0 aliphatic rings. The molecule has 2 heterocycles. The molecule has 2 aromatic heterocycles. The van der Waals surface area contributed by atoms with Crippen molar-refractivity contribution in [2.24, 2.45) is 0 Å². The van der Waals surface area contributed by atoms with Crippen LogP contribution in [-0.4, -0.2) is 31.9 Å². The van der Waals surface area contributed by atoms with Gasteiger partial charge in [0.15, 0.2) is 10.3 Å². The zero-order chi connectivity index (χ0) is 16.2. The highest BCUT2D eigenvalue weighted by Gasteiger charge is 2.14. The summed E-state index contributed by atoms with van der Waals surface area (Å²) < 4.78 is 1.56. The number of carbonyl (C=O) groups is 1. The number of anilines is 2. The first-order valence-corrected chi connectivity index (χ1v) is 8.81. The van der Waals surface area contributed by atoms with E-state index in [2.05, 4.69) is 20.5 Å². The Hall–Kier alpha value is -2.39. The average molecular weight is 346 g/mol. The Labute approximate surface area is 141 Å². The summed E-state index contributed by atoms with van der Waals surface area (Å²) in [6.45, 7) is 0.0509. The molecule has 0 atom stereocenters. The number of amides is 1. The predicted molar refractivity (Wildman–Crippen MR) is 92.4 cm³/mol. The normalized spacial score (nSPS) is 10.7. The Bertz CT molecular complexity index is 814. The molecule has 3 rings (SSSR count). The van der Waals surface area contributed by atoms with E-state index in [1.54, 1.807) is 4.57 Å². The summed E-state index contributed by atoms with van der Waals surface area (Å²) in [5.74, 6) is -0.00521. The minimum atomic E-state index is -0.222. The van der Waals surface area contributed by atoms with Crippen LogP contribution in [0.1, 0.15) is 0 Å². The predicted octanol–water partition coefficient (Wildman–Crippen LogP) is 2.34. The molecular formula is C14H14N6OS2. The Morgan fingerprint density at radius 1 is 1.35 bits per heavy atom. The van der Waals surface area contributed by atoms with E-state index in [0.717, 1.165) is 11.3 Å². The molecule has 3 N–H and O–H groups in total. The van der Waals surface area contributed by atoms with Crippen molar-refractivity contribution in [2.45, 2.75) is 11.7 Å². The quantitative estimate of drug-likeness (QED) is 0.688. The zero-order valence-corrected chi connectivity index (χ0v) is 13.9. The van der Waals surface area contributed by atoms with Gasteiger partial charge >= 0.3 is 0 Å². The van der Waals surface area contributed by atoms with Crippen LogP contribution < -0.4 is 11.1 Å². The lowest BCUT2D eigenvalue weighted by Crippen LogP contribution is -2.20. The van der Waals surface area contributed by atoms with Crippen LogP contribution in [0, 0.1) is 0 Å². The second-order valence-electron chi connectivity index (χ2n) is 4.58. The molecular weight excluding hydrogens is 332 g/mol. The summed E-state index contributed by atoms with van der Waals surface area (Å²) in [7, 11) is 0. The Balaban J connectivity index is 1.69. The van der Waals surface area contributed by atoms with Gasteiger partial charge in [0, 0.05) is 10.9 Å². The molecule has 23 heavy (non-hydrogen) atoms. The smallest absolute Gasteiger partial charge is 0.246 e. The van der Waals surface area contributed by atoms with E-state index in [1.807, 2.05) is 42.0 Å². The van der Waals surface area contributed by atoms with Gasteiger partial charge in [-0.05, 0) is 6.26 Å². The molecule has 0 radical (unpaired) electrons. The number of thioether (sulfide) groups is 1. The summed E-state index contributed by atoms with van der Waals surface area (Å²) in [5, 5.41) is 13.5. The number of benzene rings is 1. The van der Waals surface area contributed by atoms with Crippen molar-refractivity contribution in [1.29, 1.82) is 0 Å². The number of nitrogens with one attached hydrogen (secondary N) is 1. The van der Waals surface area contributed by atoms with Crippen LogP contribution in [0.25, 0.3) is 11.3 Å². The van der Waals surface area contributed by atoms with E-state index in [4.69, 9.17) is 5.73 Å². The highest BCUT2D eigenvalue weighted by Crippen LogP contribution is 2.24. The van der Waals surface area contributed by atoms with Crippen LogP contribution in [0.2, 0.25) is 0 Å². The number of thiazole rings is 1. The molecule has 0 aliphatic carbocycles. The fourth-order valence-corrected chi connectivity index (χ4v) is 3.21. The van der Waals surface area contributed by atoms with E-state index in [0.29, 0.717) is 10.3 Å². The number of nitrogen functional groups attached to an aromatic ring is 1. The van der Waals surface area contributed by atoms with Gasteiger partial charge in [-0.25, -0.2) is 4.98 Å². The van der Waals surface area contributed by atoms with Crippen molar-refractivity contribution in [3.63, 3.8) is 0 Å². The SMILES string of the molecule is CSc1nnc(N)n1CC(=O)Nc1nc(-c2ccccc2)cs1. The molecule has 3 aromatic rings. The lowest BCUT2D eigenvalue weighted by Gasteiger charge is -2.06. The lowest BCUT2D eigenvalue weighted by atomic mass is 10.2. The average Bonchev–Trinajstić information content (AvgIpc) is 3.16. The monoisotopic (exact) mass is 346 g/mol. The van der Waals surface area contributed by atoms with Gasteiger partial charge in [-0.1, -0.05) is 42.1 Å². The lowest BCUT2D eigenvalue weighted by molar-refractivity contribution is -0.116. The van der Waals surface area contributed by atoms with Gasteiger partial charge in [0.1, 0.15) is 6.54 Å². The number of rotatable bonds is 5. The van der Waals surface area contributed by atoms with Crippen molar-refractivity contribution < 1.29 is 4.79 Å². The fourth-order valence-electron chi connectivity index (χ4n) is 1.97. The Kier molecular flexibility index (Phi) is 4.58. The summed E-state index contributed by atoms with van der Waals surface area (Å²) >= 11 is 2.76. The second kappa shape index (κ2) is 6.80. The largest absolute Gasteiger partial charge is 0.368 e. The first-order chi connectivity index (χ1) is 11.2. The molecule has 0 spiro atoms. The van der Waals surface area contributed by atoms with Crippen molar-refractivity contribution in [3.05, 3.63) is 35.7 Å². The number of hydrogen-bond acceptors (Lipinski definition) is 7. The third-order valence-corrected chi connectivity index (χ3v) is 4.47. The van der Waals surface area contributed by atoms with Crippen LogP contribution in [0.3, 0.4) is 0 Å². The summed E-state index contributed by atoms with van der Waals surface area (Å²) in [4.78, 5) is 16.6. The summed E-state index contributed by atoms with van der Waals surface area (Å²) in [6.07, 6.45) is 1.85. The molecule has 7 nitrogen and oxygen atoms in total. The van der Waals surface area contributed by atoms with Crippen LogP contribution in [0.15, 0.2) is 40.9 Å². The van der Waals surface area contributed by atoms with Crippen LogP contribution in [0.4, 0.5) is 11.1 Å². The van der Waals surface area contributed by atoms with Crippen LogP contribution in [-0.2, 0) is 11.3 Å². The van der Waals surface area contributed by atoms with E-state index in [-0.39, 0.29) is 18.4 Å². The molecule has 0 unspecified atom stereocenters. The number of nitrogens with zero attached hydrogens (tertiary/aromatic N) is 4. The van der Waals surface area contributed by atoms with Crippen molar-refractivity contribution in [3.8, 4) is 11.3 Å². The van der Waals surface area contributed by atoms with Crippen molar-refractivity contribution >= 4 is 40.1 Å². The first-order valence-electron chi connectivity index (χ1n) is 6.71. The van der Waals surface area contributed by atoms with E-state index in [1.165, 1.54) is 23.1 Å². The molecule has 9 heteroatoms. The maximum absolute atomic E-state index is 12.2. The molecule has 1 aromatic carbocycles. The van der Waals surface area contributed by atoms with E-state index < -0.39 is 0 Å². The topological polar surface area (TPSA) is 98.7 Å². The number of nitrogens with two attached hydrogens (primary N) is 1. The number of carbonyl (C=O) groups excluding carboxylic acids is 1. The zero-order valence-electron chi connectivity index (χ0n) is 12.3. The molecule has 118 valence electrons. The van der Waals surface area contributed by atoms with Gasteiger partial charge < -0.3 is 11.1 Å². The standard InChI is InChI=1S/C14H14N6OS2/c1-22-14-19-18-12(15)20(14)7-11(21)17-13-16-10(8-23-13)9-5-3-2-4-6-9/h2-6,8H,7H2,1H3,(H2,15,18)(H,16,17,21). The van der Waals surface area contributed by atoms with E-state index >= 15 is 0 Å². The third-order valence-electron chi connectivity index (χ3n) is 3.05. The van der Waals surface area contributed by atoms with E-state index in [9.17, 15) is 4.79 Å². The highest BCUT2D eigenvalue weighted by molar-refractivity contribution is 7.98. The molecule has 0 saturated carbocycles.